The lowest BCUT2D eigenvalue weighted by atomic mass is 10.1. The van der Waals surface area contributed by atoms with Gasteiger partial charge in [0.15, 0.2) is 17.4 Å². The molecule has 1 aliphatic heterocycles. The Morgan fingerprint density at radius 2 is 2.04 bits per heavy atom. The van der Waals surface area contributed by atoms with E-state index in [4.69, 9.17) is 25.4 Å². The maximum atomic E-state index is 12.2. The van der Waals surface area contributed by atoms with E-state index in [1.807, 2.05) is 0 Å². The van der Waals surface area contributed by atoms with Gasteiger partial charge in [-0.05, 0) is 0 Å². The molecule has 1 fully saturated rings. The number of nitrogens with two attached hydrogens (primary N) is 1. The van der Waals surface area contributed by atoms with Crippen molar-refractivity contribution in [1.82, 2.24) is 19.3 Å². The predicted octanol–water partition coefficient (Wildman–Crippen LogP) is -3.69. The number of hydrogen-bond acceptors (Lipinski definition) is 10. The highest BCUT2D eigenvalue weighted by atomic mass is 31.2. The zero-order valence-electron chi connectivity index (χ0n) is 12.3. The molecule has 0 spiro atoms. The first-order valence-electron chi connectivity index (χ1n) is 6.77. The highest BCUT2D eigenvalue weighted by Gasteiger charge is 2.44. The lowest BCUT2D eigenvalue weighted by molar-refractivity contribution is -0.0511. The van der Waals surface area contributed by atoms with Gasteiger partial charge >= 0.3 is 13.4 Å². The first-order valence-corrected chi connectivity index (χ1v) is 8.30. The molecule has 2 aromatic rings. The van der Waals surface area contributed by atoms with Crippen LogP contribution in [0.15, 0.2) is 11.1 Å². The van der Waals surface area contributed by atoms with Crippen molar-refractivity contribution >= 4 is 24.9 Å². The normalized spacial score (nSPS) is 27.1. The van der Waals surface area contributed by atoms with Crippen molar-refractivity contribution in [2.45, 2.75) is 24.5 Å². The van der Waals surface area contributed by atoms with Gasteiger partial charge in [0.1, 0.15) is 18.3 Å². The van der Waals surface area contributed by atoms with Gasteiger partial charge in [-0.1, -0.05) is 4.73 Å². The molecule has 0 amide bonds. The Labute approximate surface area is 137 Å². The number of ether oxygens (including phenoxy) is 1. The SMILES string of the molecule is Nc1nc2c(ncn2[C@@H]2O[C@H](CO)C(O)C2O)c(=O)n1OP(=O)(O)O. The number of anilines is 1. The van der Waals surface area contributed by atoms with Gasteiger partial charge in [0.25, 0.3) is 0 Å². The maximum Gasteiger partial charge on any atom is 0.544 e. The molecule has 0 radical (unpaired) electrons. The molecule has 1 saturated heterocycles. The molecule has 0 aliphatic carbocycles. The molecule has 0 bridgehead atoms. The number of imidazole rings is 1. The number of aromatic nitrogens is 4. The summed E-state index contributed by atoms with van der Waals surface area (Å²) in [6.07, 6.45) is -4.06. The van der Waals surface area contributed by atoms with Crippen LogP contribution in [-0.4, -0.2) is 69.3 Å². The monoisotopic (exact) mass is 379 g/mol. The second kappa shape index (κ2) is 6.03. The minimum absolute atomic E-state index is 0.0950. The molecule has 0 saturated carbocycles. The molecule has 0 aromatic carbocycles. The third-order valence-corrected chi connectivity index (χ3v) is 3.94. The molecule has 25 heavy (non-hydrogen) atoms. The fourth-order valence-corrected chi connectivity index (χ4v) is 2.82. The highest BCUT2D eigenvalue weighted by Crippen LogP contribution is 2.33. The van der Waals surface area contributed by atoms with Crippen LogP contribution in [0.25, 0.3) is 11.2 Å². The summed E-state index contributed by atoms with van der Waals surface area (Å²) in [6, 6.07) is 0. The van der Waals surface area contributed by atoms with Gasteiger partial charge in [0.2, 0.25) is 5.95 Å². The number of nitrogen functional groups attached to an aromatic ring is 1. The number of fused-ring (bicyclic) bond motifs is 1. The largest absolute Gasteiger partial charge is 0.544 e. The number of hydrogen-bond donors (Lipinski definition) is 6. The van der Waals surface area contributed by atoms with Crippen LogP contribution in [0.1, 0.15) is 6.23 Å². The number of aliphatic hydroxyl groups is 3. The molecule has 7 N–H and O–H groups in total. The summed E-state index contributed by atoms with van der Waals surface area (Å²) in [5.41, 5.74) is 3.83. The molecule has 3 heterocycles. The highest BCUT2D eigenvalue weighted by molar-refractivity contribution is 7.46. The molecule has 138 valence electrons. The van der Waals surface area contributed by atoms with Crippen LogP contribution < -0.4 is 15.9 Å². The third kappa shape index (κ3) is 3.00. The Hall–Kier alpha value is -2.06. The summed E-state index contributed by atoms with van der Waals surface area (Å²) in [4.78, 5) is 37.4. The third-order valence-electron chi connectivity index (χ3n) is 3.56. The van der Waals surface area contributed by atoms with Crippen molar-refractivity contribution in [3.8, 4) is 0 Å². The standard InChI is InChI=1S/C10H14N5O9P/c11-10-13-7-4(8(19)15(10)24-25(20,21)22)12-2-14(7)9-6(18)5(17)3(1-16)23-9/h2-3,5-6,9,16-18H,1H2,(H2,11,13)(H2,20,21,22)/t3-,5?,6?,9-/m1/s1. The zero-order valence-corrected chi connectivity index (χ0v) is 13.2. The molecule has 1 aliphatic rings. The van der Waals surface area contributed by atoms with Crippen molar-refractivity contribution in [3.05, 3.63) is 16.7 Å². The fourth-order valence-electron chi connectivity index (χ4n) is 2.45. The average Bonchev–Trinajstić information content (AvgIpc) is 3.05. The van der Waals surface area contributed by atoms with E-state index in [0.29, 0.717) is 0 Å². The Bertz CT molecular complexity index is 906. The van der Waals surface area contributed by atoms with Crippen LogP contribution >= 0.6 is 7.82 Å². The molecular weight excluding hydrogens is 365 g/mol. The van der Waals surface area contributed by atoms with Crippen LogP contribution in [0.3, 0.4) is 0 Å². The van der Waals surface area contributed by atoms with Gasteiger partial charge in [0.05, 0.1) is 12.9 Å². The first kappa shape index (κ1) is 17.8. The van der Waals surface area contributed by atoms with E-state index in [9.17, 15) is 19.6 Å². The number of aliphatic hydroxyl groups excluding tert-OH is 3. The van der Waals surface area contributed by atoms with E-state index in [2.05, 4.69) is 14.6 Å². The second-order valence-electron chi connectivity index (χ2n) is 5.19. The molecular formula is C10H14N5O9P. The van der Waals surface area contributed by atoms with Crippen LogP contribution in [0, 0.1) is 0 Å². The van der Waals surface area contributed by atoms with Crippen LogP contribution in [-0.2, 0) is 9.30 Å². The summed E-state index contributed by atoms with van der Waals surface area (Å²) in [6.45, 7) is -0.556. The molecule has 3 rings (SSSR count). The van der Waals surface area contributed by atoms with Gasteiger partial charge in [-0.2, -0.15) is 4.98 Å². The summed E-state index contributed by atoms with van der Waals surface area (Å²) in [5.74, 6) is -0.686. The quantitative estimate of drug-likeness (QED) is 0.283. The Balaban J connectivity index is 2.09. The maximum absolute atomic E-state index is 12.2. The van der Waals surface area contributed by atoms with Gasteiger partial charge in [-0.25, -0.2) is 9.55 Å². The fraction of sp³-hybridized carbons (Fsp3) is 0.500. The summed E-state index contributed by atoms with van der Waals surface area (Å²) >= 11 is 0. The lowest BCUT2D eigenvalue weighted by Crippen LogP contribution is -2.33. The smallest absolute Gasteiger partial charge is 0.394 e. The lowest BCUT2D eigenvalue weighted by Gasteiger charge is -2.17. The van der Waals surface area contributed by atoms with E-state index in [1.54, 1.807) is 0 Å². The van der Waals surface area contributed by atoms with E-state index in [1.165, 1.54) is 0 Å². The Morgan fingerprint density at radius 1 is 1.36 bits per heavy atom. The van der Waals surface area contributed by atoms with Gasteiger partial charge in [-0.15, -0.1) is 0 Å². The van der Waals surface area contributed by atoms with Crippen molar-refractivity contribution in [2.24, 2.45) is 0 Å². The Morgan fingerprint density at radius 3 is 2.60 bits per heavy atom. The van der Waals surface area contributed by atoms with Crippen LogP contribution in [0.5, 0.6) is 0 Å². The van der Waals surface area contributed by atoms with Crippen LogP contribution in [0.2, 0.25) is 0 Å². The molecule has 2 unspecified atom stereocenters. The van der Waals surface area contributed by atoms with E-state index in [-0.39, 0.29) is 15.9 Å². The van der Waals surface area contributed by atoms with Crippen molar-refractivity contribution in [3.63, 3.8) is 0 Å². The number of nitrogens with zero attached hydrogens (tertiary/aromatic N) is 4. The van der Waals surface area contributed by atoms with Crippen LogP contribution in [0.4, 0.5) is 5.95 Å². The number of rotatable bonds is 4. The van der Waals surface area contributed by atoms with Gasteiger partial charge in [0, 0.05) is 0 Å². The van der Waals surface area contributed by atoms with E-state index in [0.717, 1.165) is 10.9 Å². The summed E-state index contributed by atoms with van der Waals surface area (Å²) < 4.78 is 21.6. The van der Waals surface area contributed by atoms with E-state index < -0.39 is 50.5 Å². The van der Waals surface area contributed by atoms with Gasteiger partial charge in [-0.3, -0.25) is 19.1 Å². The minimum Gasteiger partial charge on any atom is -0.394 e. The zero-order chi connectivity index (χ0) is 18.5. The van der Waals surface area contributed by atoms with Crippen molar-refractivity contribution < 1.29 is 39.0 Å². The first-order chi connectivity index (χ1) is 11.6. The second-order valence-corrected chi connectivity index (χ2v) is 6.34. The van der Waals surface area contributed by atoms with Gasteiger partial charge < -0.3 is 30.4 Å². The van der Waals surface area contributed by atoms with Crippen molar-refractivity contribution in [1.29, 1.82) is 0 Å². The summed E-state index contributed by atoms with van der Waals surface area (Å²) in [5, 5.41) is 28.9. The van der Waals surface area contributed by atoms with Crippen molar-refractivity contribution in [2.75, 3.05) is 12.3 Å². The minimum atomic E-state index is -5.08. The summed E-state index contributed by atoms with van der Waals surface area (Å²) in [7, 11) is -5.08. The topological polar surface area (TPSA) is 215 Å². The molecule has 2 aromatic heterocycles. The Kier molecular flexibility index (Phi) is 4.28. The molecule has 14 nitrogen and oxygen atoms in total. The molecule has 4 atom stereocenters. The average molecular weight is 379 g/mol. The van der Waals surface area contributed by atoms with E-state index >= 15 is 0 Å². The molecule has 15 heteroatoms. The predicted molar refractivity (Wildman–Crippen MR) is 77.8 cm³/mol. The number of phosphoric acid groups is 1.